The third-order valence-corrected chi connectivity index (χ3v) is 6.97. The van der Waals surface area contributed by atoms with Crippen molar-refractivity contribution >= 4 is 40.5 Å². The van der Waals surface area contributed by atoms with E-state index in [1.807, 2.05) is 11.3 Å². The number of hydrogen-bond acceptors (Lipinski definition) is 7. The first-order chi connectivity index (χ1) is 14.7. The Kier molecular flexibility index (Phi) is 10.8. The van der Waals surface area contributed by atoms with E-state index in [0.717, 1.165) is 18.1 Å². The van der Waals surface area contributed by atoms with Gasteiger partial charge in [-0.25, -0.2) is 0 Å². The summed E-state index contributed by atoms with van der Waals surface area (Å²) in [5, 5.41) is 24.8. The van der Waals surface area contributed by atoms with Gasteiger partial charge in [-0.2, -0.15) is 11.8 Å². The van der Waals surface area contributed by atoms with Crippen molar-refractivity contribution in [3.05, 3.63) is 66.3 Å². The minimum absolute atomic E-state index is 0.0345. The van der Waals surface area contributed by atoms with Crippen LogP contribution in [0.25, 0.3) is 0 Å². The molecule has 170 valence electrons. The number of thioether (sulfide) groups is 1. The predicted molar refractivity (Wildman–Crippen MR) is 131 cm³/mol. The number of aliphatic hydroxyl groups excluding tert-OH is 1. The van der Waals surface area contributed by atoms with Crippen LogP contribution in [0.2, 0.25) is 5.02 Å². The number of hydrogen-bond donors (Lipinski definition) is 2. The Hall–Kier alpha value is -1.65. The second-order valence-corrected chi connectivity index (χ2v) is 10.1. The van der Waals surface area contributed by atoms with E-state index < -0.39 is 17.6 Å². The fourth-order valence-electron chi connectivity index (χ4n) is 2.85. The summed E-state index contributed by atoms with van der Waals surface area (Å²) in [7, 11) is 4.13. The minimum Gasteiger partial charge on any atom is -0.386 e. The van der Waals surface area contributed by atoms with Crippen molar-refractivity contribution in [1.29, 1.82) is 0 Å². The van der Waals surface area contributed by atoms with Crippen LogP contribution in [0.5, 0.6) is 0 Å². The van der Waals surface area contributed by atoms with Crippen molar-refractivity contribution in [3.63, 3.8) is 0 Å². The summed E-state index contributed by atoms with van der Waals surface area (Å²) in [6.45, 7) is 3.30. The molecule has 2 aromatic rings. The Bertz CT molecular complexity index is 889. The van der Waals surface area contributed by atoms with Gasteiger partial charge in [0.25, 0.3) is 6.54 Å². The molecule has 2 rings (SSSR count). The SMILES string of the molecule is Cc1cc(CSCCNC(C[N+](=O)[O-])=NCC(O)c2cccc(Cl)c2)sc1CN(C)C. The van der Waals surface area contributed by atoms with Crippen LogP contribution in [0.3, 0.4) is 0 Å². The highest BCUT2D eigenvalue weighted by Crippen LogP contribution is 2.26. The molecule has 31 heavy (non-hydrogen) atoms. The fourth-order valence-corrected chi connectivity index (χ4v) is 5.30. The van der Waals surface area contributed by atoms with E-state index in [4.69, 9.17) is 11.6 Å². The molecule has 2 N–H and O–H groups in total. The van der Waals surface area contributed by atoms with Gasteiger partial charge in [-0.15, -0.1) is 11.3 Å². The summed E-state index contributed by atoms with van der Waals surface area (Å²) in [6, 6.07) is 9.12. The highest BCUT2D eigenvalue weighted by molar-refractivity contribution is 7.98. The van der Waals surface area contributed by atoms with Crippen molar-refractivity contribution in [3.8, 4) is 0 Å². The molecule has 0 bridgehead atoms. The minimum atomic E-state index is -0.866. The molecule has 0 saturated heterocycles. The van der Waals surface area contributed by atoms with Crippen LogP contribution in [-0.4, -0.2) is 60.2 Å². The third-order valence-electron chi connectivity index (χ3n) is 4.32. The smallest absolute Gasteiger partial charge is 0.259 e. The number of aliphatic hydroxyl groups is 1. The average molecular weight is 485 g/mol. The molecule has 1 aromatic heterocycles. The Labute approximate surface area is 196 Å². The van der Waals surface area contributed by atoms with Gasteiger partial charge in [-0.3, -0.25) is 15.1 Å². The molecule has 0 radical (unpaired) electrons. The molecule has 10 heteroatoms. The van der Waals surface area contributed by atoms with Crippen LogP contribution in [0.1, 0.15) is 27.0 Å². The summed E-state index contributed by atoms with van der Waals surface area (Å²) >= 11 is 9.56. The van der Waals surface area contributed by atoms with E-state index in [2.05, 4.69) is 42.3 Å². The van der Waals surface area contributed by atoms with E-state index in [1.54, 1.807) is 36.0 Å². The Morgan fingerprint density at radius 1 is 1.42 bits per heavy atom. The Morgan fingerprint density at radius 3 is 2.87 bits per heavy atom. The molecule has 0 spiro atoms. The number of nitro groups is 1. The van der Waals surface area contributed by atoms with Crippen LogP contribution in [0.4, 0.5) is 0 Å². The van der Waals surface area contributed by atoms with Crippen molar-refractivity contribution in [2.45, 2.75) is 25.3 Å². The van der Waals surface area contributed by atoms with Gasteiger partial charge in [-0.05, 0) is 50.3 Å². The number of benzene rings is 1. The number of halogens is 1. The predicted octanol–water partition coefficient (Wildman–Crippen LogP) is 4.00. The van der Waals surface area contributed by atoms with Gasteiger partial charge >= 0.3 is 0 Å². The average Bonchev–Trinajstić information content (AvgIpc) is 3.03. The summed E-state index contributed by atoms with van der Waals surface area (Å²) in [5.74, 6) is 1.98. The van der Waals surface area contributed by atoms with Crippen LogP contribution < -0.4 is 5.32 Å². The Morgan fingerprint density at radius 2 is 2.19 bits per heavy atom. The van der Waals surface area contributed by atoms with E-state index >= 15 is 0 Å². The number of aryl methyl sites for hydroxylation is 1. The lowest BCUT2D eigenvalue weighted by molar-refractivity contribution is -0.463. The monoisotopic (exact) mass is 484 g/mol. The highest BCUT2D eigenvalue weighted by Gasteiger charge is 2.11. The fraction of sp³-hybridized carbons (Fsp3) is 0.476. The van der Waals surface area contributed by atoms with Crippen molar-refractivity contribution in [2.24, 2.45) is 4.99 Å². The zero-order chi connectivity index (χ0) is 22.8. The molecule has 1 heterocycles. The molecule has 0 saturated carbocycles. The molecule has 1 unspecified atom stereocenters. The lowest BCUT2D eigenvalue weighted by Gasteiger charge is -2.11. The largest absolute Gasteiger partial charge is 0.386 e. The molecule has 0 amide bonds. The van der Waals surface area contributed by atoms with Crippen molar-refractivity contribution in [1.82, 2.24) is 10.2 Å². The first kappa shape index (κ1) is 25.6. The number of thiophene rings is 1. The van der Waals surface area contributed by atoms with E-state index in [-0.39, 0.29) is 12.4 Å². The van der Waals surface area contributed by atoms with Gasteiger partial charge in [0.15, 0.2) is 5.84 Å². The van der Waals surface area contributed by atoms with Gasteiger partial charge in [0.05, 0.1) is 12.6 Å². The number of amidine groups is 1. The van der Waals surface area contributed by atoms with Crippen LogP contribution in [0.15, 0.2) is 35.3 Å². The molecule has 7 nitrogen and oxygen atoms in total. The zero-order valence-electron chi connectivity index (χ0n) is 18.0. The van der Waals surface area contributed by atoms with Gasteiger partial charge in [0, 0.05) is 44.3 Å². The molecule has 1 aromatic carbocycles. The molecular formula is C21H29ClN4O3S2. The van der Waals surface area contributed by atoms with Gasteiger partial charge in [0.1, 0.15) is 0 Å². The summed E-state index contributed by atoms with van der Waals surface area (Å²) in [4.78, 5) is 19.6. The molecule has 0 aliphatic carbocycles. The number of nitrogens with one attached hydrogen (secondary N) is 1. The highest BCUT2D eigenvalue weighted by atomic mass is 35.5. The van der Waals surface area contributed by atoms with Crippen molar-refractivity contribution < 1.29 is 10.0 Å². The maximum Gasteiger partial charge on any atom is 0.259 e. The number of nitrogens with zero attached hydrogens (tertiary/aromatic N) is 3. The van der Waals surface area contributed by atoms with E-state index in [0.29, 0.717) is 17.1 Å². The van der Waals surface area contributed by atoms with Gasteiger partial charge in [-0.1, -0.05) is 23.7 Å². The first-order valence-corrected chi connectivity index (χ1v) is 12.2. The van der Waals surface area contributed by atoms with Gasteiger partial charge < -0.3 is 15.3 Å². The topological polar surface area (TPSA) is 91.0 Å². The number of aliphatic imine (C=N–C) groups is 1. The summed E-state index contributed by atoms with van der Waals surface area (Å²) < 4.78 is 0. The Balaban J connectivity index is 1.81. The second-order valence-electron chi connectivity index (χ2n) is 7.39. The molecule has 0 fully saturated rings. The maximum absolute atomic E-state index is 11.0. The van der Waals surface area contributed by atoms with Gasteiger partial charge in [0.2, 0.25) is 0 Å². The first-order valence-electron chi connectivity index (χ1n) is 9.87. The van der Waals surface area contributed by atoms with E-state index in [9.17, 15) is 15.2 Å². The van der Waals surface area contributed by atoms with Crippen LogP contribution in [0, 0.1) is 17.0 Å². The molecule has 1 atom stereocenters. The number of rotatable bonds is 12. The maximum atomic E-state index is 11.0. The van der Waals surface area contributed by atoms with Crippen molar-refractivity contribution in [2.75, 3.05) is 39.5 Å². The normalized spacial score (nSPS) is 12.9. The summed E-state index contributed by atoms with van der Waals surface area (Å²) in [5.41, 5.74) is 1.96. The summed E-state index contributed by atoms with van der Waals surface area (Å²) in [6.07, 6.45) is -0.866. The lowest BCUT2D eigenvalue weighted by Crippen LogP contribution is -2.32. The molecule has 0 aliphatic rings. The van der Waals surface area contributed by atoms with Crippen LogP contribution in [-0.2, 0) is 12.3 Å². The quantitative estimate of drug-likeness (QED) is 0.155. The third kappa shape index (κ3) is 9.57. The molecule has 0 aliphatic heterocycles. The lowest BCUT2D eigenvalue weighted by atomic mass is 10.1. The standard InChI is InChI=1S/C21H29ClN4O3S2/c1-15-9-18(31-20(15)12-25(2)3)14-30-8-7-23-21(13-26(28)29)24-11-19(27)16-5-4-6-17(22)10-16/h4-6,9-10,19,27H,7-8,11-14H2,1-3H3,(H,23,24). The molecular weight excluding hydrogens is 456 g/mol. The second kappa shape index (κ2) is 13.0. The van der Waals surface area contributed by atoms with Crippen LogP contribution >= 0.6 is 34.7 Å². The zero-order valence-corrected chi connectivity index (χ0v) is 20.4. The van der Waals surface area contributed by atoms with E-state index in [1.165, 1.54) is 15.3 Å².